The first-order valence-corrected chi connectivity index (χ1v) is 11.2. The van der Waals surface area contributed by atoms with E-state index in [1.807, 2.05) is 24.3 Å². The van der Waals surface area contributed by atoms with Gasteiger partial charge in [0.15, 0.2) is 11.5 Å². The molecule has 1 amide bonds. The van der Waals surface area contributed by atoms with E-state index in [9.17, 15) is 13.2 Å². The molecule has 0 atom stereocenters. The van der Waals surface area contributed by atoms with E-state index in [1.54, 1.807) is 42.8 Å². The molecule has 1 aliphatic heterocycles. The first-order chi connectivity index (χ1) is 14.8. The lowest BCUT2D eigenvalue weighted by Crippen LogP contribution is -2.50. The predicted molar refractivity (Wildman–Crippen MR) is 111 cm³/mol. The third-order valence-corrected chi connectivity index (χ3v) is 7.38. The summed E-state index contributed by atoms with van der Waals surface area (Å²) in [5.74, 6) is 0.762. The van der Waals surface area contributed by atoms with Crippen LogP contribution in [0, 0.1) is 13.8 Å². The second-order valence-corrected chi connectivity index (χ2v) is 9.07. The molecular weight excluding hydrogens is 422 g/mol. The summed E-state index contributed by atoms with van der Waals surface area (Å²) in [4.78, 5) is 14.6. The molecule has 10 nitrogen and oxygen atoms in total. The molecule has 1 saturated heterocycles. The van der Waals surface area contributed by atoms with Crippen molar-refractivity contribution in [3.05, 3.63) is 53.7 Å². The van der Waals surface area contributed by atoms with Crippen LogP contribution < -0.4 is 4.74 Å². The zero-order valence-electron chi connectivity index (χ0n) is 17.5. The number of sulfonamides is 1. The molecule has 11 heteroatoms. The molecule has 4 rings (SSSR count). The number of hydrogen-bond donors (Lipinski definition) is 0. The molecule has 31 heavy (non-hydrogen) atoms. The van der Waals surface area contributed by atoms with Gasteiger partial charge in [0.25, 0.3) is 5.91 Å². The van der Waals surface area contributed by atoms with E-state index in [1.165, 1.54) is 4.31 Å². The Labute approximate surface area is 180 Å². The van der Waals surface area contributed by atoms with Crippen LogP contribution in [0.4, 0.5) is 0 Å². The summed E-state index contributed by atoms with van der Waals surface area (Å²) in [5, 5.41) is 8.11. The third kappa shape index (κ3) is 3.93. The summed E-state index contributed by atoms with van der Waals surface area (Å²) < 4.78 is 39.0. The van der Waals surface area contributed by atoms with E-state index in [0.29, 0.717) is 11.4 Å². The van der Waals surface area contributed by atoms with Crippen molar-refractivity contribution in [2.45, 2.75) is 18.7 Å². The highest BCUT2D eigenvalue weighted by Crippen LogP contribution is 2.24. The molecule has 1 fully saturated rings. The largest absolute Gasteiger partial charge is 0.497 e. The van der Waals surface area contributed by atoms with E-state index >= 15 is 0 Å². The standard InChI is InChI=1S/C20H23N5O5S/c1-14-19(15(2)30-22-14)31(27,28)24-12-10-23(11-13-24)20(26)18-8-9-25(21-18)16-4-6-17(29-3)7-5-16/h4-9H,10-13H2,1-3H3. The number of amides is 1. The Hall–Kier alpha value is -3.18. The Morgan fingerprint density at radius 1 is 1.06 bits per heavy atom. The van der Waals surface area contributed by atoms with Gasteiger partial charge in [-0.25, -0.2) is 13.1 Å². The molecule has 0 radical (unpaired) electrons. The molecule has 0 saturated carbocycles. The van der Waals surface area contributed by atoms with Crippen molar-refractivity contribution in [3.8, 4) is 11.4 Å². The number of aromatic nitrogens is 3. The highest BCUT2D eigenvalue weighted by Gasteiger charge is 2.34. The number of piperazine rings is 1. The van der Waals surface area contributed by atoms with Crippen molar-refractivity contribution in [1.82, 2.24) is 24.1 Å². The molecule has 2 aromatic heterocycles. The fourth-order valence-corrected chi connectivity index (χ4v) is 5.30. The van der Waals surface area contributed by atoms with Crippen LogP contribution in [0.1, 0.15) is 21.9 Å². The molecule has 3 aromatic rings. The number of aryl methyl sites for hydroxylation is 2. The smallest absolute Gasteiger partial charge is 0.274 e. The van der Waals surface area contributed by atoms with Gasteiger partial charge in [0, 0.05) is 32.4 Å². The maximum atomic E-state index is 12.9. The molecule has 0 bridgehead atoms. The van der Waals surface area contributed by atoms with Gasteiger partial charge in [-0.2, -0.15) is 9.40 Å². The van der Waals surface area contributed by atoms with E-state index in [-0.39, 0.29) is 42.7 Å². The molecule has 164 valence electrons. The van der Waals surface area contributed by atoms with Gasteiger partial charge in [0.05, 0.1) is 12.8 Å². The summed E-state index contributed by atoms with van der Waals surface area (Å²) in [6.07, 6.45) is 1.72. The lowest BCUT2D eigenvalue weighted by atomic mass is 10.3. The van der Waals surface area contributed by atoms with Crippen LogP contribution in [0.5, 0.6) is 5.75 Å². The van der Waals surface area contributed by atoms with Gasteiger partial charge in [0.1, 0.15) is 16.3 Å². The van der Waals surface area contributed by atoms with Crippen LogP contribution in [0.2, 0.25) is 0 Å². The minimum atomic E-state index is -3.72. The number of ether oxygens (including phenoxy) is 1. The maximum absolute atomic E-state index is 12.9. The average molecular weight is 446 g/mol. The highest BCUT2D eigenvalue weighted by atomic mass is 32.2. The number of benzene rings is 1. The van der Waals surface area contributed by atoms with Crippen molar-refractivity contribution in [3.63, 3.8) is 0 Å². The number of carbonyl (C=O) groups excluding carboxylic acids is 1. The number of carbonyl (C=O) groups is 1. The first kappa shape index (κ1) is 21.1. The Balaban J connectivity index is 1.43. The van der Waals surface area contributed by atoms with Crippen molar-refractivity contribution in [2.75, 3.05) is 33.3 Å². The molecule has 0 spiro atoms. The molecule has 0 N–H and O–H groups in total. The van der Waals surface area contributed by atoms with Crippen LogP contribution in [0.15, 0.2) is 45.9 Å². The molecule has 1 aliphatic rings. The number of nitrogens with zero attached hydrogens (tertiary/aromatic N) is 5. The van der Waals surface area contributed by atoms with Crippen LogP contribution >= 0.6 is 0 Å². The Kier molecular flexibility index (Phi) is 5.54. The maximum Gasteiger partial charge on any atom is 0.274 e. The quantitative estimate of drug-likeness (QED) is 0.587. The lowest BCUT2D eigenvalue weighted by molar-refractivity contribution is 0.0691. The van der Waals surface area contributed by atoms with Gasteiger partial charge in [-0.15, -0.1) is 0 Å². The summed E-state index contributed by atoms with van der Waals surface area (Å²) in [5.41, 5.74) is 1.44. The average Bonchev–Trinajstić information content (AvgIpc) is 3.40. The van der Waals surface area contributed by atoms with Gasteiger partial charge in [-0.05, 0) is 44.2 Å². The monoisotopic (exact) mass is 445 g/mol. The van der Waals surface area contributed by atoms with Crippen molar-refractivity contribution < 1.29 is 22.5 Å². The molecule has 3 heterocycles. The van der Waals surface area contributed by atoms with Crippen LogP contribution in [0.3, 0.4) is 0 Å². The molecule has 1 aromatic carbocycles. The van der Waals surface area contributed by atoms with Gasteiger partial charge in [0.2, 0.25) is 10.0 Å². The lowest BCUT2D eigenvalue weighted by Gasteiger charge is -2.33. The number of rotatable bonds is 5. The molecule has 0 unspecified atom stereocenters. The van der Waals surface area contributed by atoms with Crippen molar-refractivity contribution in [1.29, 1.82) is 0 Å². The van der Waals surface area contributed by atoms with Gasteiger partial charge in [-0.1, -0.05) is 5.16 Å². The number of methoxy groups -OCH3 is 1. The van der Waals surface area contributed by atoms with Gasteiger partial charge in [-0.3, -0.25) is 4.79 Å². The highest BCUT2D eigenvalue weighted by molar-refractivity contribution is 7.89. The summed E-state index contributed by atoms with van der Waals surface area (Å²) >= 11 is 0. The summed E-state index contributed by atoms with van der Waals surface area (Å²) in [6.45, 7) is 4.11. The van der Waals surface area contributed by atoms with E-state index in [0.717, 1.165) is 11.4 Å². The van der Waals surface area contributed by atoms with E-state index < -0.39 is 10.0 Å². The number of hydrogen-bond acceptors (Lipinski definition) is 7. The fourth-order valence-electron chi connectivity index (χ4n) is 3.58. The van der Waals surface area contributed by atoms with Gasteiger partial charge >= 0.3 is 0 Å². The van der Waals surface area contributed by atoms with Crippen molar-refractivity contribution in [2.24, 2.45) is 0 Å². The van der Waals surface area contributed by atoms with E-state index in [2.05, 4.69) is 10.3 Å². The summed E-state index contributed by atoms with van der Waals surface area (Å²) in [7, 11) is -2.13. The molecule has 0 aliphatic carbocycles. The molecular formula is C20H23N5O5S. The van der Waals surface area contributed by atoms with E-state index in [4.69, 9.17) is 9.26 Å². The minimum Gasteiger partial charge on any atom is -0.497 e. The normalized spacial score (nSPS) is 15.3. The third-order valence-electron chi connectivity index (χ3n) is 5.24. The second kappa shape index (κ2) is 8.16. The van der Waals surface area contributed by atoms with Crippen LogP contribution in [0.25, 0.3) is 5.69 Å². The topological polar surface area (TPSA) is 111 Å². The Morgan fingerprint density at radius 3 is 2.32 bits per heavy atom. The zero-order valence-corrected chi connectivity index (χ0v) is 18.3. The van der Waals surface area contributed by atoms with Crippen LogP contribution in [-0.4, -0.2) is 71.8 Å². The van der Waals surface area contributed by atoms with Crippen molar-refractivity contribution >= 4 is 15.9 Å². The zero-order chi connectivity index (χ0) is 22.2. The fraction of sp³-hybridized carbons (Fsp3) is 0.350. The summed E-state index contributed by atoms with van der Waals surface area (Å²) in [6, 6.07) is 8.98. The SMILES string of the molecule is COc1ccc(-n2ccc(C(=O)N3CCN(S(=O)(=O)c4c(C)noc4C)CC3)n2)cc1. The van der Waals surface area contributed by atoms with Gasteiger partial charge < -0.3 is 14.2 Å². The Morgan fingerprint density at radius 2 is 1.74 bits per heavy atom. The van der Waals surface area contributed by atoms with Crippen LogP contribution in [-0.2, 0) is 10.0 Å². The predicted octanol–water partition coefficient (Wildman–Crippen LogP) is 1.63. The first-order valence-electron chi connectivity index (χ1n) is 9.73. The Bertz CT molecular complexity index is 1170. The minimum absolute atomic E-state index is 0.102. The second-order valence-electron chi connectivity index (χ2n) is 7.19.